The first-order valence-corrected chi connectivity index (χ1v) is 8.71. The van der Waals surface area contributed by atoms with E-state index in [1.807, 2.05) is 0 Å². The smallest absolute Gasteiger partial charge is 0.344 e. The summed E-state index contributed by atoms with van der Waals surface area (Å²) in [5.41, 5.74) is 6.47. The summed E-state index contributed by atoms with van der Waals surface area (Å²) in [6.45, 7) is 2.79. The van der Waals surface area contributed by atoms with Gasteiger partial charge in [0.25, 0.3) is 5.91 Å². The molecule has 2 N–H and O–H groups in total. The minimum atomic E-state index is -0.931. The number of nitrogen functional groups attached to an aromatic ring is 1. The highest BCUT2D eigenvalue weighted by molar-refractivity contribution is 9.10. The first kappa shape index (κ1) is 20.4. The normalized spacial score (nSPS) is 10.1. The molecule has 0 atom stereocenters. The van der Waals surface area contributed by atoms with Gasteiger partial charge in [-0.1, -0.05) is 45.2 Å². The van der Waals surface area contributed by atoms with Crippen LogP contribution in [0.4, 0.5) is 10.2 Å². The number of carbonyl (C=O) groups excluding carboxylic acids is 2. The second kappa shape index (κ2) is 9.72. The molecule has 0 radical (unpaired) electrons. The third kappa shape index (κ3) is 6.10. The lowest BCUT2D eigenvalue weighted by Crippen LogP contribution is -2.24. The Morgan fingerprint density at radius 3 is 2.59 bits per heavy atom. The van der Waals surface area contributed by atoms with Crippen LogP contribution in [0.3, 0.4) is 0 Å². The van der Waals surface area contributed by atoms with Crippen molar-refractivity contribution in [3.8, 4) is 5.75 Å². The van der Waals surface area contributed by atoms with Crippen LogP contribution in [0.15, 0.2) is 59.6 Å². The number of rotatable bonds is 8. The Bertz CT molecular complexity index is 827. The molecule has 6 nitrogen and oxygen atoms in total. The van der Waals surface area contributed by atoms with E-state index in [2.05, 4.69) is 22.5 Å². The number of halogens is 2. The Hall–Kier alpha value is -2.87. The predicted molar refractivity (Wildman–Crippen MR) is 103 cm³/mol. The Morgan fingerprint density at radius 1 is 1.22 bits per heavy atom. The third-order valence-electron chi connectivity index (χ3n) is 3.40. The SMILES string of the molecule is C=CCOC(=O)COc1ccc(N)cc1C(=O)N(F)Cc1ccc(Br)cc1. The van der Waals surface area contributed by atoms with Gasteiger partial charge in [-0.25, -0.2) is 4.79 Å². The van der Waals surface area contributed by atoms with Gasteiger partial charge in [0, 0.05) is 10.2 Å². The summed E-state index contributed by atoms with van der Waals surface area (Å²) in [4.78, 5) is 24.0. The van der Waals surface area contributed by atoms with Crippen LogP contribution in [0.1, 0.15) is 15.9 Å². The highest BCUT2D eigenvalue weighted by Gasteiger charge is 2.21. The number of anilines is 1. The molecule has 0 aliphatic heterocycles. The van der Waals surface area contributed by atoms with Crippen LogP contribution in [0.5, 0.6) is 5.75 Å². The maximum absolute atomic E-state index is 14.4. The number of esters is 1. The Labute approximate surface area is 164 Å². The van der Waals surface area contributed by atoms with E-state index in [9.17, 15) is 14.1 Å². The van der Waals surface area contributed by atoms with Crippen LogP contribution in [-0.4, -0.2) is 30.2 Å². The van der Waals surface area contributed by atoms with Crippen molar-refractivity contribution in [1.82, 2.24) is 5.12 Å². The lowest BCUT2D eigenvalue weighted by atomic mass is 10.1. The number of benzene rings is 2. The van der Waals surface area contributed by atoms with E-state index in [0.29, 0.717) is 5.56 Å². The maximum Gasteiger partial charge on any atom is 0.344 e. The number of hydrogen-bond donors (Lipinski definition) is 1. The standard InChI is InChI=1S/C19H18BrFN2O4/c1-2-9-26-18(24)12-27-17-8-7-15(22)10-16(17)19(25)23(21)11-13-3-5-14(20)6-4-13/h2-8,10H,1,9,11-12,22H2. The molecule has 8 heteroatoms. The molecule has 0 bridgehead atoms. The van der Waals surface area contributed by atoms with E-state index in [1.165, 1.54) is 24.3 Å². The highest BCUT2D eigenvalue weighted by Crippen LogP contribution is 2.24. The van der Waals surface area contributed by atoms with Crippen molar-refractivity contribution >= 4 is 33.5 Å². The summed E-state index contributed by atoms with van der Waals surface area (Å²) in [5, 5.41) is 0.0565. The first-order chi connectivity index (χ1) is 12.9. The summed E-state index contributed by atoms with van der Waals surface area (Å²) in [6.07, 6.45) is 1.42. The molecule has 0 saturated heterocycles. The molecule has 0 aromatic heterocycles. The van der Waals surface area contributed by atoms with Crippen molar-refractivity contribution in [2.45, 2.75) is 6.54 Å². The molecule has 0 heterocycles. The number of nitrogens with zero attached hydrogens (tertiary/aromatic N) is 1. The second-order valence-corrected chi connectivity index (χ2v) is 6.38. The topological polar surface area (TPSA) is 81.9 Å². The van der Waals surface area contributed by atoms with Crippen molar-refractivity contribution in [3.05, 3.63) is 70.7 Å². The molecule has 0 aliphatic rings. The number of nitrogens with two attached hydrogens (primary N) is 1. The molecular weight excluding hydrogens is 419 g/mol. The molecule has 1 amide bonds. The number of carbonyl (C=O) groups is 2. The summed E-state index contributed by atoms with van der Waals surface area (Å²) < 4.78 is 25.4. The Kier molecular flexibility index (Phi) is 7.36. The van der Waals surface area contributed by atoms with Gasteiger partial charge in [0.2, 0.25) is 0 Å². The van der Waals surface area contributed by atoms with Crippen LogP contribution in [0, 0.1) is 0 Å². The molecule has 142 valence electrons. The zero-order chi connectivity index (χ0) is 19.8. The van der Waals surface area contributed by atoms with E-state index in [4.69, 9.17) is 15.2 Å². The summed E-state index contributed by atoms with van der Waals surface area (Å²) in [6, 6.07) is 11.1. The Morgan fingerprint density at radius 2 is 1.93 bits per heavy atom. The molecular formula is C19H18BrFN2O4. The zero-order valence-electron chi connectivity index (χ0n) is 14.4. The van der Waals surface area contributed by atoms with E-state index in [1.54, 1.807) is 24.3 Å². The third-order valence-corrected chi connectivity index (χ3v) is 3.93. The number of amides is 1. The highest BCUT2D eigenvalue weighted by atomic mass is 79.9. The molecule has 27 heavy (non-hydrogen) atoms. The van der Waals surface area contributed by atoms with Gasteiger partial charge >= 0.3 is 5.97 Å². The van der Waals surface area contributed by atoms with Gasteiger partial charge in [-0.05, 0) is 35.9 Å². The molecule has 0 fully saturated rings. The van der Waals surface area contributed by atoms with E-state index in [0.717, 1.165) is 4.47 Å². The fourth-order valence-corrected chi connectivity index (χ4v) is 2.39. The first-order valence-electron chi connectivity index (χ1n) is 7.91. The molecule has 2 aromatic carbocycles. The van der Waals surface area contributed by atoms with Gasteiger partial charge in [0.1, 0.15) is 12.4 Å². The molecule has 0 aliphatic carbocycles. The number of hydrogen-bond acceptors (Lipinski definition) is 5. The van der Waals surface area contributed by atoms with Crippen molar-refractivity contribution in [1.29, 1.82) is 0 Å². The molecule has 0 unspecified atom stereocenters. The van der Waals surface area contributed by atoms with Crippen molar-refractivity contribution < 1.29 is 23.5 Å². The van der Waals surface area contributed by atoms with E-state index >= 15 is 0 Å². The van der Waals surface area contributed by atoms with Crippen molar-refractivity contribution in [3.63, 3.8) is 0 Å². The van der Waals surface area contributed by atoms with Crippen LogP contribution < -0.4 is 10.5 Å². The van der Waals surface area contributed by atoms with Crippen LogP contribution in [0.2, 0.25) is 0 Å². The summed E-state index contributed by atoms with van der Waals surface area (Å²) in [5.74, 6) is -1.54. The zero-order valence-corrected chi connectivity index (χ0v) is 15.9. The van der Waals surface area contributed by atoms with Crippen LogP contribution in [0.25, 0.3) is 0 Å². The average molecular weight is 437 g/mol. The Balaban J connectivity index is 2.11. The quantitative estimate of drug-likeness (QED) is 0.295. The van der Waals surface area contributed by atoms with Gasteiger partial charge in [0.05, 0.1) is 12.1 Å². The molecule has 0 saturated carbocycles. The van der Waals surface area contributed by atoms with Crippen molar-refractivity contribution in [2.24, 2.45) is 0 Å². The van der Waals surface area contributed by atoms with Crippen LogP contribution >= 0.6 is 15.9 Å². The van der Waals surface area contributed by atoms with Gasteiger partial charge in [-0.15, -0.1) is 0 Å². The molecule has 2 aromatic rings. The molecule has 0 spiro atoms. The van der Waals surface area contributed by atoms with Gasteiger partial charge in [-0.3, -0.25) is 4.79 Å². The average Bonchev–Trinajstić information content (AvgIpc) is 2.66. The van der Waals surface area contributed by atoms with Gasteiger partial charge in [0.15, 0.2) is 6.61 Å². The van der Waals surface area contributed by atoms with Crippen LogP contribution in [-0.2, 0) is 16.1 Å². The fourth-order valence-electron chi connectivity index (χ4n) is 2.12. The summed E-state index contributed by atoms with van der Waals surface area (Å²) >= 11 is 3.29. The largest absolute Gasteiger partial charge is 0.481 e. The molecule has 2 rings (SSSR count). The number of ether oxygens (including phenoxy) is 2. The predicted octanol–water partition coefficient (Wildman–Crippen LogP) is 3.67. The second-order valence-electron chi connectivity index (χ2n) is 5.47. The minimum Gasteiger partial charge on any atom is -0.481 e. The van der Waals surface area contributed by atoms with Gasteiger partial charge < -0.3 is 15.2 Å². The fraction of sp³-hybridized carbons (Fsp3) is 0.158. The van der Waals surface area contributed by atoms with Gasteiger partial charge in [-0.2, -0.15) is 5.12 Å². The lowest BCUT2D eigenvalue weighted by Gasteiger charge is -2.16. The monoisotopic (exact) mass is 436 g/mol. The van der Waals surface area contributed by atoms with E-state index < -0.39 is 18.5 Å². The van der Waals surface area contributed by atoms with Crippen molar-refractivity contribution in [2.75, 3.05) is 18.9 Å². The minimum absolute atomic E-state index is 0.0307. The lowest BCUT2D eigenvalue weighted by molar-refractivity contribution is -0.144. The maximum atomic E-state index is 14.4. The summed E-state index contributed by atoms with van der Waals surface area (Å²) in [7, 11) is 0. The van der Waals surface area contributed by atoms with E-state index in [-0.39, 0.29) is 35.3 Å².